The largest absolute Gasteiger partial charge is 0.495 e. The van der Waals surface area contributed by atoms with Gasteiger partial charge >= 0.3 is 0 Å². The highest BCUT2D eigenvalue weighted by Gasteiger charge is 2.19. The summed E-state index contributed by atoms with van der Waals surface area (Å²) in [7, 11) is 3.16. The standard InChI is InChI=1S/C14H16BrNO3S/c1-8-16-9(7-20-8)6-11(17)10-4-5-12(18-2)13(15)14(10)19-3/h4-5,7,11,17H,6H2,1-3H3. The molecule has 108 valence electrons. The number of benzene rings is 1. The highest BCUT2D eigenvalue weighted by molar-refractivity contribution is 9.10. The maximum absolute atomic E-state index is 10.4. The Balaban J connectivity index is 2.29. The van der Waals surface area contributed by atoms with Gasteiger partial charge in [-0.2, -0.15) is 0 Å². The fraction of sp³-hybridized carbons (Fsp3) is 0.357. The van der Waals surface area contributed by atoms with E-state index in [2.05, 4.69) is 20.9 Å². The molecular weight excluding hydrogens is 342 g/mol. The number of aliphatic hydroxyl groups is 1. The summed E-state index contributed by atoms with van der Waals surface area (Å²) in [6.07, 6.45) is -0.215. The van der Waals surface area contributed by atoms with E-state index in [-0.39, 0.29) is 0 Å². The van der Waals surface area contributed by atoms with Crippen molar-refractivity contribution in [3.63, 3.8) is 0 Å². The molecule has 4 nitrogen and oxygen atoms in total. The van der Waals surface area contributed by atoms with Crippen molar-refractivity contribution in [3.05, 3.63) is 38.3 Å². The summed E-state index contributed by atoms with van der Waals surface area (Å²) >= 11 is 5.01. The predicted octanol–water partition coefficient (Wildman–Crippen LogP) is 3.51. The minimum Gasteiger partial charge on any atom is -0.495 e. The zero-order valence-electron chi connectivity index (χ0n) is 11.5. The third kappa shape index (κ3) is 3.13. The van der Waals surface area contributed by atoms with E-state index in [1.807, 2.05) is 18.4 Å². The Kier molecular flexibility index (Phi) is 5.01. The van der Waals surface area contributed by atoms with Gasteiger partial charge in [-0.15, -0.1) is 11.3 Å². The monoisotopic (exact) mass is 357 g/mol. The van der Waals surface area contributed by atoms with E-state index in [4.69, 9.17) is 9.47 Å². The SMILES string of the molecule is COc1ccc(C(O)Cc2csc(C)n2)c(OC)c1Br. The molecule has 1 unspecified atom stereocenters. The van der Waals surface area contributed by atoms with Crippen LogP contribution in [-0.4, -0.2) is 24.3 Å². The number of aryl methyl sites for hydroxylation is 1. The highest BCUT2D eigenvalue weighted by Crippen LogP contribution is 2.40. The first kappa shape index (κ1) is 15.3. The lowest BCUT2D eigenvalue weighted by Crippen LogP contribution is -2.05. The van der Waals surface area contributed by atoms with Crippen LogP contribution in [0.4, 0.5) is 0 Å². The fourth-order valence-corrected chi connectivity index (χ4v) is 3.30. The second-order valence-corrected chi connectivity index (χ2v) is 6.14. The lowest BCUT2D eigenvalue weighted by Gasteiger charge is -2.17. The molecule has 0 spiro atoms. The van der Waals surface area contributed by atoms with Crippen LogP contribution in [0.5, 0.6) is 11.5 Å². The van der Waals surface area contributed by atoms with Crippen molar-refractivity contribution < 1.29 is 14.6 Å². The molecule has 0 radical (unpaired) electrons. The number of methoxy groups -OCH3 is 2. The second kappa shape index (κ2) is 6.56. The van der Waals surface area contributed by atoms with Crippen molar-refractivity contribution in [3.8, 4) is 11.5 Å². The number of ether oxygens (including phenoxy) is 2. The van der Waals surface area contributed by atoms with E-state index < -0.39 is 6.10 Å². The Hall–Kier alpha value is -1.11. The molecule has 2 rings (SSSR count). The van der Waals surface area contributed by atoms with Gasteiger partial charge in [0.2, 0.25) is 0 Å². The zero-order chi connectivity index (χ0) is 14.7. The first-order valence-corrected chi connectivity index (χ1v) is 7.73. The molecule has 1 N–H and O–H groups in total. The van der Waals surface area contributed by atoms with Crippen LogP contribution < -0.4 is 9.47 Å². The summed E-state index contributed by atoms with van der Waals surface area (Å²) < 4.78 is 11.3. The number of aliphatic hydroxyl groups excluding tert-OH is 1. The maximum atomic E-state index is 10.4. The Bertz CT molecular complexity index is 600. The molecule has 0 fully saturated rings. The van der Waals surface area contributed by atoms with Crippen molar-refractivity contribution in [2.24, 2.45) is 0 Å². The van der Waals surface area contributed by atoms with Crippen LogP contribution in [0.2, 0.25) is 0 Å². The number of hydrogen-bond donors (Lipinski definition) is 1. The third-order valence-electron chi connectivity index (χ3n) is 2.94. The van der Waals surface area contributed by atoms with E-state index in [1.54, 1.807) is 31.6 Å². The molecule has 1 heterocycles. The summed E-state index contributed by atoms with van der Waals surface area (Å²) in [4.78, 5) is 4.37. The highest BCUT2D eigenvalue weighted by atomic mass is 79.9. The average Bonchev–Trinajstić information content (AvgIpc) is 2.83. The van der Waals surface area contributed by atoms with E-state index in [0.717, 1.165) is 10.7 Å². The van der Waals surface area contributed by atoms with Crippen LogP contribution in [0, 0.1) is 6.92 Å². The van der Waals surface area contributed by atoms with Gasteiger partial charge < -0.3 is 14.6 Å². The molecule has 2 aromatic rings. The van der Waals surface area contributed by atoms with Crippen LogP contribution in [-0.2, 0) is 6.42 Å². The average molecular weight is 358 g/mol. The molecule has 6 heteroatoms. The summed E-state index contributed by atoms with van der Waals surface area (Å²) in [5.74, 6) is 1.26. The topological polar surface area (TPSA) is 51.6 Å². The molecule has 1 aromatic carbocycles. The molecule has 0 bridgehead atoms. The molecular formula is C14H16BrNO3S. The van der Waals surface area contributed by atoms with E-state index in [9.17, 15) is 5.11 Å². The Labute approximate surface area is 130 Å². The number of halogens is 1. The Morgan fingerprint density at radius 2 is 2.10 bits per heavy atom. The van der Waals surface area contributed by atoms with Gasteiger partial charge in [-0.05, 0) is 35.0 Å². The number of hydrogen-bond acceptors (Lipinski definition) is 5. The Morgan fingerprint density at radius 1 is 1.35 bits per heavy atom. The van der Waals surface area contributed by atoms with E-state index >= 15 is 0 Å². The van der Waals surface area contributed by atoms with Crippen LogP contribution in [0.1, 0.15) is 22.4 Å². The lowest BCUT2D eigenvalue weighted by molar-refractivity contribution is 0.172. The van der Waals surface area contributed by atoms with Gasteiger partial charge in [0.1, 0.15) is 16.0 Å². The van der Waals surface area contributed by atoms with Crippen LogP contribution in [0.15, 0.2) is 22.0 Å². The van der Waals surface area contributed by atoms with Gasteiger partial charge in [0.05, 0.1) is 31.0 Å². The van der Waals surface area contributed by atoms with Crippen LogP contribution in [0.3, 0.4) is 0 Å². The van der Waals surface area contributed by atoms with Crippen molar-refractivity contribution in [1.29, 1.82) is 0 Å². The maximum Gasteiger partial charge on any atom is 0.142 e. The van der Waals surface area contributed by atoms with Gasteiger partial charge in [0.15, 0.2) is 0 Å². The van der Waals surface area contributed by atoms with Crippen molar-refractivity contribution in [2.45, 2.75) is 19.4 Å². The van der Waals surface area contributed by atoms with Crippen molar-refractivity contribution in [2.75, 3.05) is 14.2 Å². The number of rotatable bonds is 5. The first-order chi connectivity index (χ1) is 9.56. The van der Waals surface area contributed by atoms with Gasteiger partial charge in [-0.25, -0.2) is 4.98 Å². The Morgan fingerprint density at radius 3 is 2.65 bits per heavy atom. The van der Waals surface area contributed by atoms with Crippen LogP contribution in [0.25, 0.3) is 0 Å². The molecule has 0 aliphatic carbocycles. The van der Waals surface area contributed by atoms with Crippen molar-refractivity contribution in [1.82, 2.24) is 4.98 Å². The molecule has 0 aliphatic rings. The minimum atomic E-state index is -0.673. The molecule has 0 saturated heterocycles. The smallest absolute Gasteiger partial charge is 0.142 e. The normalized spacial score (nSPS) is 12.2. The lowest BCUT2D eigenvalue weighted by atomic mass is 10.0. The third-order valence-corrected chi connectivity index (χ3v) is 4.52. The molecule has 0 aliphatic heterocycles. The summed E-state index contributed by atoms with van der Waals surface area (Å²) in [6.45, 7) is 1.95. The molecule has 0 saturated carbocycles. The first-order valence-electron chi connectivity index (χ1n) is 6.06. The fourth-order valence-electron chi connectivity index (χ4n) is 1.99. The van der Waals surface area contributed by atoms with Gasteiger partial charge in [0.25, 0.3) is 0 Å². The molecule has 0 amide bonds. The molecule has 1 atom stereocenters. The minimum absolute atomic E-state index is 0.458. The summed E-state index contributed by atoms with van der Waals surface area (Å²) in [6, 6.07) is 3.61. The number of nitrogens with zero attached hydrogens (tertiary/aromatic N) is 1. The van der Waals surface area contributed by atoms with Gasteiger partial charge in [-0.3, -0.25) is 0 Å². The number of aromatic nitrogens is 1. The predicted molar refractivity (Wildman–Crippen MR) is 82.8 cm³/mol. The second-order valence-electron chi connectivity index (χ2n) is 4.28. The van der Waals surface area contributed by atoms with Crippen LogP contribution >= 0.6 is 27.3 Å². The van der Waals surface area contributed by atoms with Gasteiger partial charge in [0, 0.05) is 17.4 Å². The van der Waals surface area contributed by atoms with Crippen molar-refractivity contribution >= 4 is 27.3 Å². The number of thiazole rings is 1. The molecule has 20 heavy (non-hydrogen) atoms. The summed E-state index contributed by atoms with van der Waals surface area (Å²) in [5, 5.41) is 13.4. The van der Waals surface area contributed by atoms with E-state index in [1.165, 1.54) is 0 Å². The quantitative estimate of drug-likeness (QED) is 0.889. The molecule has 1 aromatic heterocycles. The van der Waals surface area contributed by atoms with E-state index in [0.29, 0.717) is 28.0 Å². The summed E-state index contributed by atoms with van der Waals surface area (Å²) in [5.41, 5.74) is 1.60. The van der Waals surface area contributed by atoms with Gasteiger partial charge in [-0.1, -0.05) is 0 Å². The zero-order valence-corrected chi connectivity index (χ0v) is 13.9.